The van der Waals surface area contributed by atoms with Crippen molar-refractivity contribution in [1.29, 1.82) is 0 Å². The van der Waals surface area contributed by atoms with Crippen molar-refractivity contribution in [2.75, 3.05) is 25.0 Å². The number of ether oxygens (including phenoxy) is 1. The Balaban J connectivity index is 1.59. The van der Waals surface area contributed by atoms with E-state index in [2.05, 4.69) is 19.2 Å². The molecule has 1 aliphatic rings. The second-order valence-electron chi connectivity index (χ2n) is 7.87. The fraction of sp³-hybridized carbons (Fsp3) is 0.435. The van der Waals surface area contributed by atoms with Gasteiger partial charge in [-0.25, -0.2) is 8.42 Å². The summed E-state index contributed by atoms with van der Waals surface area (Å²) in [7, 11) is -3.49. The zero-order valence-electron chi connectivity index (χ0n) is 17.6. The van der Waals surface area contributed by atoms with Gasteiger partial charge in [0, 0.05) is 18.8 Å². The van der Waals surface area contributed by atoms with Crippen molar-refractivity contribution in [3.63, 3.8) is 0 Å². The van der Waals surface area contributed by atoms with E-state index in [-0.39, 0.29) is 17.4 Å². The van der Waals surface area contributed by atoms with Crippen molar-refractivity contribution in [3.05, 3.63) is 54.1 Å². The van der Waals surface area contributed by atoms with E-state index in [4.69, 9.17) is 4.74 Å². The zero-order valence-corrected chi connectivity index (χ0v) is 18.5. The minimum absolute atomic E-state index is 0.114. The molecule has 1 N–H and O–H groups in total. The number of hydrogen-bond donors (Lipinski definition) is 1. The molecule has 2 aromatic rings. The largest absolute Gasteiger partial charge is 0.483 e. The first-order valence-electron chi connectivity index (χ1n) is 10.5. The molecule has 0 radical (unpaired) electrons. The summed E-state index contributed by atoms with van der Waals surface area (Å²) in [6, 6.07) is 14.0. The molecule has 0 aliphatic carbocycles. The minimum Gasteiger partial charge on any atom is -0.483 e. The van der Waals surface area contributed by atoms with E-state index in [0.29, 0.717) is 30.4 Å². The molecule has 1 saturated heterocycles. The predicted octanol–water partition coefficient (Wildman–Crippen LogP) is 4.39. The van der Waals surface area contributed by atoms with Gasteiger partial charge in [-0.2, -0.15) is 4.31 Å². The number of hydrogen-bond acceptors (Lipinski definition) is 4. The highest BCUT2D eigenvalue weighted by Crippen LogP contribution is 2.26. The molecule has 1 aliphatic heterocycles. The fourth-order valence-corrected chi connectivity index (χ4v) is 5.09. The van der Waals surface area contributed by atoms with Gasteiger partial charge in [-0.05, 0) is 54.7 Å². The van der Waals surface area contributed by atoms with Gasteiger partial charge in [0.15, 0.2) is 6.61 Å². The normalized spacial score (nSPS) is 15.6. The summed E-state index contributed by atoms with van der Waals surface area (Å²) in [6.45, 7) is 5.16. The number of sulfonamides is 1. The van der Waals surface area contributed by atoms with Crippen LogP contribution in [0.2, 0.25) is 0 Å². The lowest BCUT2D eigenvalue weighted by Crippen LogP contribution is -2.31. The second-order valence-corrected chi connectivity index (χ2v) is 9.81. The molecule has 6 nitrogen and oxygen atoms in total. The van der Waals surface area contributed by atoms with Crippen molar-refractivity contribution in [2.45, 2.75) is 50.3 Å². The first-order valence-corrected chi connectivity index (χ1v) is 11.9. The van der Waals surface area contributed by atoms with Crippen LogP contribution in [0.5, 0.6) is 5.75 Å². The number of benzene rings is 2. The van der Waals surface area contributed by atoms with E-state index in [1.165, 1.54) is 0 Å². The first-order chi connectivity index (χ1) is 14.4. The number of para-hydroxylation sites is 1. The molecule has 3 rings (SSSR count). The monoisotopic (exact) mass is 430 g/mol. The third-order valence-electron chi connectivity index (χ3n) is 5.24. The number of rotatable bonds is 7. The lowest BCUT2D eigenvalue weighted by Gasteiger charge is -2.20. The summed E-state index contributed by atoms with van der Waals surface area (Å²) in [5.74, 6) is 0.696. The Labute approximate surface area is 179 Å². The van der Waals surface area contributed by atoms with E-state index >= 15 is 0 Å². The van der Waals surface area contributed by atoms with Crippen LogP contribution in [0.3, 0.4) is 0 Å². The molecule has 30 heavy (non-hydrogen) atoms. The molecule has 0 atom stereocenters. The van der Waals surface area contributed by atoms with E-state index in [0.717, 1.165) is 31.2 Å². The average molecular weight is 431 g/mol. The average Bonchev–Trinajstić information content (AvgIpc) is 3.03. The fourth-order valence-electron chi connectivity index (χ4n) is 3.57. The van der Waals surface area contributed by atoms with E-state index in [1.807, 2.05) is 24.3 Å². The lowest BCUT2D eigenvalue weighted by molar-refractivity contribution is -0.118. The highest BCUT2D eigenvalue weighted by atomic mass is 32.2. The lowest BCUT2D eigenvalue weighted by atomic mass is 10.0. The predicted molar refractivity (Wildman–Crippen MR) is 118 cm³/mol. The maximum atomic E-state index is 12.8. The van der Waals surface area contributed by atoms with E-state index < -0.39 is 10.0 Å². The minimum atomic E-state index is -3.49. The van der Waals surface area contributed by atoms with Crippen LogP contribution < -0.4 is 10.1 Å². The van der Waals surface area contributed by atoms with Gasteiger partial charge in [-0.1, -0.05) is 44.9 Å². The molecule has 162 valence electrons. The second kappa shape index (κ2) is 10.1. The van der Waals surface area contributed by atoms with E-state index in [1.54, 1.807) is 28.6 Å². The third kappa shape index (κ3) is 5.61. The van der Waals surface area contributed by atoms with Gasteiger partial charge in [0.2, 0.25) is 10.0 Å². The molecule has 2 aromatic carbocycles. The molecule has 0 saturated carbocycles. The van der Waals surface area contributed by atoms with Crippen LogP contribution in [-0.4, -0.2) is 38.3 Å². The van der Waals surface area contributed by atoms with Crippen LogP contribution in [0.15, 0.2) is 53.4 Å². The van der Waals surface area contributed by atoms with Gasteiger partial charge < -0.3 is 10.1 Å². The van der Waals surface area contributed by atoms with Gasteiger partial charge in [-0.3, -0.25) is 4.79 Å². The van der Waals surface area contributed by atoms with Gasteiger partial charge in [0.1, 0.15) is 5.75 Å². The number of carbonyl (C=O) groups is 1. The molecule has 0 spiro atoms. The van der Waals surface area contributed by atoms with Gasteiger partial charge in [0.05, 0.1) is 4.90 Å². The van der Waals surface area contributed by atoms with Gasteiger partial charge in [0.25, 0.3) is 5.91 Å². The Bertz CT molecular complexity index is 947. The van der Waals surface area contributed by atoms with Crippen LogP contribution in [0.25, 0.3) is 0 Å². The molecule has 1 heterocycles. The topological polar surface area (TPSA) is 75.7 Å². The molecule has 0 unspecified atom stereocenters. The quantitative estimate of drug-likeness (QED) is 0.707. The number of carbonyl (C=O) groups excluding carboxylic acids is 1. The number of amides is 1. The summed E-state index contributed by atoms with van der Waals surface area (Å²) in [5.41, 5.74) is 1.59. The smallest absolute Gasteiger partial charge is 0.262 e. The maximum absolute atomic E-state index is 12.8. The Morgan fingerprint density at radius 2 is 1.63 bits per heavy atom. The molecule has 0 bridgehead atoms. The first kappa shape index (κ1) is 22.3. The number of anilines is 1. The highest BCUT2D eigenvalue weighted by Gasteiger charge is 2.25. The Morgan fingerprint density at radius 3 is 2.27 bits per heavy atom. The maximum Gasteiger partial charge on any atom is 0.262 e. The molecular weight excluding hydrogens is 400 g/mol. The molecular formula is C23H30N2O4S. The van der Waals surface area contributed by atoms with Crippen LogP contribution >= 0.6 is 0 Å². The van der Waals surface area contributed by atoms with Crippen molar-refractivity contribution in [1.82, 2.24) is 4.31 Å². The summed E-state index contributed by atoms with van der Waals surface area (Å²) in [5, 5.41) is 2.76. The highest BCUT2D eigenvalue weighted by molar-refractivity contribution is 7.89. The van der Waals surface area contributed by atoms with E-state index in [9.17, 15) is 13.2 Å². The molecule has 1 fully saturated rings. The Kier molecular flexibility index (Phi) is 7.50. The van der Waals surface area contributed by atoms with Crippen LogP contribution in [0.4, 0.5) is 5.69 Å². The SMILES string of the molecule is CC(C)c1ccccc1OCC(=O)Nc1ccc(S(=O)(=O)N2CCCCCC2)cc1. The summed E-state index contributed by atoms with van der Waals surface area (Å²) < 4.78 is 32.9. The molecule has 7 heteroatoms. The summed E-state index contributed by atoms with van der Waals surface area (Å²) >= 11 is 0. The van der Waals surface area contributed by atoms with Crippen molar-refractivity contribution in [3.8, 4) is 5.75 Å². The van der Waals surface area contributed by atoms with Gasteiger partial charge >= 0.3 is 0 Å². The summed E-state index contributed by atoms with van der Waals surface area (Å²) in [4.78, 5) is 12.5. The summed E-state index contributed by atoms with van der Waals surface area (Å²) in [6.07, 6.45) is 3.93. The van der Waals surface area contributed by atoms with Crippen molar-refractivity contribution < 1.29 is 17.9 Å². The van der Waals surface area contributed by atoms with Crippen LogP contribution in [0, 0.1) is 0 Å². The Hall–Kier alpha value is -2.38. The third-order valence-corrected chi connectivity index (χ3v) is 7.15. The van der Waals surface area contributed by atoms with Crippen molar-refractivity contribution in [2.24, 2.45) is 0 Å². The Morgan fingerprint density at radius 1 is 1.00 bits per heavy atom. The zero-order chi connectivity index (χ0) is 21.6. The van der Waals surface area contributed by atoms with Crippen LogP contribution in [-0.2, 0) is 14.8 Å². The van der Waals surface area contributed by atoms with Crippen molar-refractivity contribution >= 4 is 21.6 Å². The molecule has 1 amide bonds. The molecule has 0 aromatic heterocycles. The standard InChI is InChI=1S/C23H30N2O4S/c1-18(2)21-9-5-6-10-22(21)29-17-23(26)24-19-11-13-20(14-12-19)30(27,28)25-15-7-3-4-8-16-25/h5-6,9-14,18H,3-4,7-8,15-17H2,1-2H3,(H,24,26). The van der Waals surface area contributed by atoms with Gasteiger partial charge in [-0.15, -0.1) is 0 Å². The van der Waals surface area contributed by atoms with Crippen LogP contribution in [0.1, 0.15) is 51.0 Å². The number of nitrogens with one attached hydrogen (secondary N) is 1. The number of nitrogens with zero attached hydrogens (tertiary/aromatic N) is 1.